The molecule has 1 saturated heterocycles. The summed E-state index contributed by atoms with van der Waals surface area (Å²) in [6, 6.07) is 0.612. The van der Waals surface area contributed by atoms with Crippen LogP contribution in [0.25, 0.3) is 0 Å². The smallest absolute Gasteiger partial charge is 0.0843 e. The fourth-order valence-electron chi connectivity index (χ4n) is 4.69. The van der Waals surface area contributed by atoms with Crippen LogP contribution in [0.15, 0.2) is 0 Å². The third kappa shape index (κ3) is 2.60. The van der Waals surface area contributed by atoms with Gasteiger partial charge in [-0.3, -0.25) is 0 Å². The molecule has 0 amide bonds. The number of nitrogens with one attached hydrogen (secondary N) is 1. The minimum Gasteiger partial charge on any atom is -0.372 e. The molecule has 1 heterocycles. The fourth-order valence-corrected chi connectivity index (χ4v) is 4.69. The van der Waals surface area contributed by atoms with Crippen molar-refractivity contribution in [1.29, 1.82) is 0 Å². The summed E-state index contributed by atoms with van der Waals surface area (Å²) in [7, 11) is 0. The molecule has 104 valence electrons. The first-order chi connectivity index (χ1) is 8.49. The maximum atomic E-state index is 6.39. The summed E-state index contributed by atoms with van der Waals surface area (Å²) >= 11 is 0. The van der Waals surface area contributed by atoms with Crippen LogP contribution in [0.2, 0.25) is 0 Å². The van der Waals surface area contributed by atoms with Crippen LogP contribution in [-0.2, 0) is 4.74 Å². The lowest BCUT2D eigenvalue weighted by molar-refractivity contribution is -0.153. The Balaban J connectivity index is 1.79. The standard InChI is InChI=1S/C16H29NO/c1-12-9-15(2,3)11-16(10-12)14(8-13-4-5-13)17-6-7-18-16/h12-14,17H,4-11H2,1-3H3. The quantitative estimate of drug-likeness (QED) is 0.812. The highest BCUT2D eigenvalue weighted by Gasteiger charge is 2.50. The summed E-state index contributed by atoms with van der Waals surface area (Å²) in [5.74, 6) is 1.79. The third-order valence-electron chi connectivity index (χ3n) is 5.16. The van der Waals surface area contributed by atoms with Gasteiger partial charge < -0.3 is 10.1 Å². The van der Waals surface area contributed by atoms with Crippen LogP contribution < -0.4 is 5.32 Å². The van der Waals surface area contributed by atoms with Crippen LogP contribution in [-0.4, -0.2) is 24.8 Å². The molecule has 3 unspecified atom stereocenters. The van der Waals surface area contributed by atoms with Crippen molar-refractivity contribution in [3.8, 4) is 0 Å². The number of rotatable bonds is 2. The molecule has 2 saturated carbocycles. The van der Waals surface area contributed by atoms with Gasteiger partial charge in [-0.25, -0.2) is 0 Å². The van der Waals surface area contributed by atoms with Gasteiger partial charge in [0.1, 0.15) is 0 Å². The van der Waals surface area contributed by atoms with Gasteiger partial charge in [0.2, 0.25) is 0 Å². The predicted octanol–water partition coefficient (Wildman–Crippen LogP) is 3.36. The molecule has 2 aliphatic carbocycles. The number of morpholine rings is 1. The van der Waals surface area contributed by atoms with Gasteiger partial charge in [0.15, 0.2) is 0 Å². The molecule has 1 spiro atoms. The topological polar surface area (TPSA) is 21.3 Å². The zero-order valence-electron chi connectivity index (χ0n) is 12.3. The van der Waals surface area contributed by atoms with E-state index in [1.807, 2.05) is 0 Å². The molecule has 0 bridgehead atoms. The Morgan fingerprint density at radius 1 is 1.22 bits per heavy atom. The molecule has 2 heteroatoms. The summed E-state index contributed by atoms with van der Waals surface area (Å²) < 4.78 is 6.39. The second kappa shape index (κ2) is 4.49. The monoisotopic (exact) mass is 251 g/mol. The molecule has 0 aromatic rings. The number of ether oxygens (including phenoxy) is 1. The van der Waals surface area contributed by atoms with Gasteiger partial charge in [-0.1, -0.05) is 33.6 Å². The Morgan fingerprint density at radius 2 is 2.00 bits per heavy atom. The average Bonchev–Trinajstić information content (AvgIpc) is 3.02. The van der Waals surface area contributed by atoms with Crippen LogP contribution in [0.3, 0.4) is 0 Å². The molecule has 0 radical (unpaired) electrons. The average molecular weight is 251 g/mol. The Bertz CT molecular complexity index is 310. The van der Waals surface area contributed by atoms with Gasteiger partial charge in [-0.15, -0.1) is 0 Å². The largest absolute Gasteiger partial charge is 0.372 e. The van der Waals surface area contributed by atoms with E-state index in [0.717, 1.165) is 25.0 Å². The van der Waals surface area contributed by atoms with Crippen molar-refractivity contribution in [3.05, 3.63) is 0 Å². The van der Waals surface area contributed by atoms with Crippen molar-refractivity contribution < 1.29 is 4.74 Å². The summed E-state index contributed by atoms with van der Waals surface area (Å²) in [5.41, 5.74) is 0.584. The zero-order chi connectivity index (χ0) is 12.8. The van der Waals surface area contributed by atoms with Crippen molar-refractivity contribution in [2.24, 2.45) is 17.3 Å². The lowest BCUT2D eigenvalue weighted by Gasteiger charge is -2.53. The molecule has 18 heavy (non-hydrogen) atoms. The SMILES string of the molecule is CC1CC(C)(C)CC2(C1)OCCNC2CC1CC1. The molecule has 1 N–H and O–H groups in total. The third-order valence-corrected chi connectivity index (χ3v) is 5.16. The van der Waals surface area contributed by atoms with E-state index in [4.69, 9.17) is 4.74 Å². The van der Waals surface area contributed by atoms with E-state index in [9.17, 15) is 0 Å². The summed E-state index contributed by atoms with van der Waals surface area (Å²) in [6.07, 6.45) is 8.12. The van der Waals surface area contributed by atoms with E-state index in [1.165, 1.54) is 38.5 Å². The van der Waals surface area contributed by atoms with Crippen molar-refractivity contribution in [2.45, 2.75) is 70.9 Å². The molecule has 2 nitrogen and oxygen atoms in total. The lowest BCUT2D eigenvalue weighted by Crippen LogP contribution is -2.62. The first-order valence-corrected chi connectivity index (χ1v) is 7.86. The van der Waals surface area contributed by atoms with Crippen molar-refractivity contribution >= 4 is 0 Å². The molecule has 0 aromatic heterocycles. The Kier molecular flexibility index (Phi) is 3.22. The van der Waals surface area contributed by atoms with E-state index in [2.05, 4.69) is 26.1 Å². The van der Waals surface area contributed by atoms with E-state index in [1.54, 1.807) is 0 Å². The fraction of sp³-hybridized carbons (Fsp3) is 1.00. The van der Waals surface area contributed by atoms with Crippen LogP contribution in [0.5, 0.6) is 0 Å². The van der Waals surface area contributed by atoms with Crippen LogP contribution in [0.1, 0.15) is 59.3 Å². The summed E-state index contributed by atoms with van der Waals surface area (Å²) in [5, 5.41) is 3.78. The molecule has 3 fully saturated rings. The molecule has 3 rings (SSSR count). The van der Waals surface area contributed by atoms with Gasteiger partial charge in [0, 0.05) is 12.6 Å². The minimum absolute atomic E-state index is 0.141. The van der Waals surface area contributed by atoms with Gasteiger partial charge in [0.05, 0.1) is 12.2 Å². The normalized spacial score (nSPS) is 44.2. The van der Waals surface area contributed by atoms with Gasteiger partial charge in [0.25, 0.3) is 0 Å². The number of hydrogen-bond acceptors (Lipinski definition) is 2. The first kappa shape index (κ1) is 12.9. The van der Waals surface area contributed by atoms with Crippen LogP contribution in [0.4, 0.5) is 0 Å². The molecule has 0 aromatic carbocycles. The highest BCUT2D eigenvalue weighted by molar-refractivity contribution is 5.04. The Labute approximate surface area is 112 Å². The van der Waals surface area contributed by atoms with Crippen molar-refractivity contribution in [3.63, 3.8) is 0 Å². The van der Waals surface area contributed by atoms with Gasteiger partial charge >= 0.3 is 0 Å². The second-order valence-electron chi connectivity index (χ2n) is 7.95. The zero-order valence-corrected chi connectivity index (χ0v) is 12.3. The summed E-state index contributed by atoms with van der Waals surface area (Å²) in [4.78, 5) is 0. The molecular formula is C16H29NO. The molecular weight excluding hydrogens is 222 g/mol. The van der Waals surface area contributed by atoms with E-state index >= 15 is 0 Å². The molecule has 1 aliphatic heterocycles. The summed E-state index contributed by atoms with van der Waals surface area (Å²) in [6.45, 7) is 9.22. The maximum Gasteiger partial charge on any atom is 0.0843 e. The highest BCUT2D eigenvalue weighted by atomic mass is 16.5. The highest BCUT2D eigenvalue weighted by Crippen LogP contribution is 2.50. The minimum atomic E-state index is 0.141. The molecule has 3 atom stereocenters. The second-order valence-corrected chi connectivity index (χ2v) is 7.95. The van der Waals surface area contributed by atoms with E-state index < -0.39 is 0 Å². The van der Waals surface area contributed by atoms with Crippen molar-refractivity contribution in [2.75, 3.05) is 13.2 Å². The lowest BCUT2D eigenvalue weighted by atomic mass is 9.62. The van der Waals surface area contributed by atoms with Gasteiger partial charge in [-0.05, 0) is 42.9 Å². The first-order valence-electron chi connectivity index (χ1n) is 7.86. The van der Waals surface area contributed by atoms with E-state index in [0.29, 0.717) is 11.5 Å². The van der Waals surface area contributed by atoms with Crippen LogP contribution in [0, 0.1) is 17.3 Å². The van der Waals surface area contributed by atoms with Gasteiger partial charge in [-0.2, -0.15) is 0 Å². The molecule has 3 aliphatic rings. The Morgan fingerprint density at radius 3 is 2.67 bits per heavy atom. The van der Waals surface area contributed by atoms with E-state index in [-0.39, 0.29) is 5.60 Å². The Hall–Kier alpha value is -0.0800. The maximum absolute atomic E-state index is 6.39. The van der Waals surface area contributed by atoms with Crippen LogP contribution >= 0.6 is 0 Å². The number of hydrogen-bond donors (Lipinski definition) is 1. The predicted molar refractivity (Wildman–Crippen MR) is 74.6 cm³/mol. The van der Waals surface area contributed by atoms with Crippen molar-refractivity contribution in [1.82, 2.24) is 5.32 Å².